The van der Waals surface area contributed by atoms with Gasteiger partial charge in [-0.1, -0.05) is 24.3 Å². The monoisotopic (exact) mass is 247 g/mol. The van der Waals surface area contributed by atoms with Crippen LogP contribution in [0.5, 0.6) is 0 Å². The van der Waals surface area contributed by atoms with Gasteiger partial charge in [-0.2, -0.15) is 0 Å². The highest BCUT2D eigenvalue weighted by Crippen LogP contribution is 2.17. The predicted molar refractivity (Wildman–Crippen MR) is 71.3 cm³/mol. The van der Waals surface area contributed by atoms with Crippen LogP contribution in [0, 0.1) is 12.8 Å². The van der Waals surface area contributed by atoms with Gasteiger partial charge in [0.1, 0.15) is 0 Å². The van der Waals surface area contributed by atoms with Crippen LogP contribution in [0.3, 0.4) is 0 Å². The molecule has 2 rings (SSSR count). The van der Waals surface area contributed by atoms with E-state index >= 15 is 0 Å². The lowest BCUT2D eigenvalue weighted by atomic mass is 9.93. The van der Waals surface area contributed by atoms with Crippen LogP contribution in [0.2, 0.25) is 0 Å². The normalized spacial score (nSPS) is 12.6. The molecular formula is C14H17NOS. The molecule has 0 aliphatic carbocycles. The van der Waals surface area contributed by atoms with Gasteiger partial charge in [0, 0.05) is 12.0 Å². The number of aryl methyl sites for hydroxylation is 1. The van der Waals surface area contributed by atoms with E-state index in [0.29, 0.717) is 0 Å². The summed E-state index contributed by atoms with van der Waals surface area (Å²) in [4.78, 5) is 4.28. The molecule has 0 spiro atoms. The van der Waals surface area contributed by atoms with Crippen LogP contribution >= 0.6 is 11.3 Å². The molecule has 0 aliphatic heterocycles. The molecule has 0 radical (unpaired) electrons. The van der Waals surface area contributed by atoms with Gasteiger partial charge in [0.2, 0.25) is 0 Å². The number of aromatic nitrogens is 1. The third-order valence-electron chi connectivity index (χ3n) is 3.01. The van der Waals surface area contributed by atoms with Crippen molar-refractivity contribution in [1.29, 1.82) is 0 Å². The number of thiazole rings is 1. The minimum atomic E-state index is 0.214. The lowest BCUT2D eigenvalue weighted by Crippen LogP contribution is -2.13. The van der Waals surface area contributed by atoms with Crippen LogP contribution in [0.25, 0.3) is 0 Å². The second-order valence-corrected chi connectivity index (χ2v) is 5.08. The summed E-state index contributed by atoms with van der Waals surface area (Å²) in [5, 5.41) is 11.5. The fraction of sp³-hybridized carbons (Fsp3) is 0.357. The van der Waals surface area contributed by atoms with Crippen molar-refractivity contribution in [1.82, 2.24) is 4.98 Å². The molecule has 0 saturated carbocycles. The third kappa shape index (κ3) is 3.38. The maximum absolute atomic E-state index is 9.45. The van der Waals surface area contributed by atoms with Crippen molar-refractivity contribution < 1.29 is 5.11 Å². The Kier molecular flexibility index (Phi) is 4.29. The van der Waals surface area contributed by atoms with E-state index in [1.165, 1.54) is 11.1 Å². The third-order valence-corrected chi connectivity index (χ3v) is 3.64. The topological polar surface area (TPSA) is 33.1 Å². The van der Waals surface area contributed by atoms with Crippen molar-refractivity contribution in [3.63, 3.8) is 0 Å². The summed E-state index contributed by atoms with van der Waals surface area (Å²) in [6.07, 6.45) is 1.77. The zero-order chi connectivity index (χ0) is 12.1. The number of aliphatic hydroxyl groups excluding tert-OH is 1. The van der Waals surface area contributed by atoms with Gasteiger partial charge in [0.05, 0.1) is 11.2 Å². The fourth-order valence-electron chi connectivity index (χ4n) is 1.99. The number of hydrogen-bond acceptors (Lipinski definition) is 3. The molecule has 1 atom stereocenters. The second kappa shape index (κ2) is 5.94. The van der Waals surface area contributed by atoms with Crippen molar-refractivity contribution >= 4 is 11.3 Å². The standard InChI is InChI=1S/C14H17NOS/c1-11-4-2-3-5-13(11)6-12(8-16)7-14-9-17-10-15-14/h2-5,9-10,12,16H,6-8H2,1H3. The minimum Gasteiger partial charge on any atom is -0.396 e. The van der Waals surface area contributed by atoms with E-state index < -0.39 is 0 Å². The summed E-state index contributed by atoms with van der Waals surface area (Å²) < 4.78 is 0. The molecule has 1 heterocycles. The van der Waals surface area contributed by atoms with Gasteiger partial charge in [-0.3, -0.25) is 0 Å². The molecule has 2 nitrogen and oxygen atoms in total. The molecule has 2 aromatic rings. The van der Waals surface area contributed by atoms with Crippen molar-refractivity contribution in [3.05, 3.63) is 52.0 Å². The summed E-state index contributed by atoms with van der Waals surface area (Å²) in [7, 11) is 0. The molecule has 1 aromatic carbocycles. The van der Waals surface area contributed by atoms with Crippen molar-refractivity contribution in [2.75, 3.05) is 6.61 Å². The van der Waals surface area contributed by atoms with E-state index in [-0.39, 0.29) is 12.5 Å². The van der Waals surface area contributed by atoms with Crippen molar-refractivity contribution in [2.45, 2.75) is 19.8 Å². The van der Waals surface area contributed by atoms with E-state index in [1.54, 1.807) is 11.3 Å². The molecule has 1 unspecified atom stereocenters. The molecular weight excluding hydrogens is 230 g/mol. The lowest BCUT2D eigenvalue weighted by Gasteiger charge is -2.14. The van der Waals surface area contributed by atoms with E-state index in [1.807, 2.05) is 11.6 Å². The Hall–Kier alpha value is -1.19. The summed E-state index contributed by atoms with van der Waals surface area (Å²) in [6.45, 7) is 2.33. The zero-order valence-corrected chi connectivity index (χ0v) is 10.8. The SMILES string of the molecule is Cc1ccccc1CC(CO)Cc1cscn1. The van der Waals surface area contributed by atoms with Crippen LogP contribution in [-0.4, -0.2) is 16.7 Å². The molecule has 0 aliphatic rings. The first kappa shape index (κ1) is 12.3. The average Bonchev–Trinajstić information content (AvgIpc) is 2.84. The van der Waals surface area contributed by atoms with Gasteiger partial charge >= 0.3 is 0 Å². The summed E-state index contributed by atoms with van der Waals surface area (Å²) in [5.74, 6) is 0.262. The highest BCUT2D eigenvalue weighted by molar-refractivity contribution is 7.07. The largest absolute Gasteiger partial charge is 0.396 e. The summed E-state index contributed by atoms with van der Waals surface area (Å²) in [5.41, 5.74) is 5.55. The van der Waals surface area contributed by atoms with Gasteiger partial charge in [-0.25, -0.2) is 4.98 Å². The van der Waals surface area contributed by atoms with E-state index in [2.05, 4.69) is 35.5 Å². The Bertz CT molecular complexity index is 453. The number of hydrogen-bond donors (Lipinski definition) is 1. The van der Waals surface area contributed by atoms with Gasteiger partial charge in [0.25, 0.3) is 0 Å². The second-order valence-electron chi connectivity index (χ2n) is 4.36. The Balaban J connectivity index is 2.03. The maximum atomic E-state index is 9.45. The van der Waals surface area contributed by atoms with E-state index in [9.17, 15) is 5.11 Å². The predicted octanol–water partition coefficient (Wildman–Crippen LogP) is 2.85. The Morgan fingerprint density at radius 2 is 2.12 bits per heavy atom. The molecule has 90 valence electrons. The van der Waals surface area contributed by atoms with Gasteiger partial charge in [-0.05, 0) is 36.8 Å². The van der Waals surface area contributed by atoms with Gasteiger partial charge in [-0.15, -0.1) is 11.3 Å². The number of rotatable bonds is 5. The fourth-order valence-corrected chi connectivity index (χ4v) is 2.56. The number of nitrogens with zero attached hydrogens (tertiary/aromatic N) is 1. The number of aliphatic hydroxyl groups is 1. The van der Waals surface area contributed by atoms with Crippen molar-refractivity contribution in [2.24, 2.45) is 5.92 Å². The molecule has 0 saturated heterocycles. The van der Waals surface area contributed by atoms with Crippen LogP contribution in [0.4, 0.5) is 0 Å². The molecule has 1 aromatic heterocycles. The van der Waals surface area contributed by atoms with Crippen LogP contribution < -0.4 is 0 Å². The average molecular weight is 247 g/mol. The zero-order valence-electron chi connectivity index (χ0n) is 9.97. The highest BCUT2D eigenvalue weighted by Gasteiger charge is 2.11. The summed E-state index contributed by atoms with van der Waals surface area (Å²) >= 11 is 1.61. The van der Waals surface area contributed by atoms with Crippen LogP contribution in [0.1, 0.15) is 16.8 Å². The first-order valence-electron chi connectivity index (χ1n) is 5.82. The summed E-state index contributed by atoms with van der Waals surface area (Å²) in [6, 6.07) is 8.36. The van der Waals surface area contributed by atoms with Crippen molar-refractivity contribution in [3.8, 4) is 0 Å². The maximum Gasteiger partial charge on any atom is 0.0794 e. The smallest absolute Gasteiger partial charge is 0.0794 e. The molecule has 3 heteroatoms. The first-order valence-corrected chi connectivity index (χ1v) is 6.76. The van der Waals surface area contributed by atoms with E-state index in [0.717, 1.165) is 18.5 Å². The molecule has 17 heavy (non-hydrogen) atoms. The highest BCUT2D eigenvalue weighted by atomic mass is 32.1. The molecule has 0 fully saturated rings. The van der Waals surface area contributed by atoms with Gasteiger partial charge in [0.15, 0.2) is 0 Å². The lowest BCUT2D eigenvalue weighted by molar-refractivity contribution is 0.224. The Morgan fingerprint density at radius 1 is 1.29 bits per heavy atom. The Labute approximate surface area is 106 Å². The molecule has 0 bridgehead atoms. The first-order chi connectivity index (χ1) is 8.29. The molecule has 1 N–H and O–H groups in total. The van der Waals surface area contributed by atoms with Gasteiger partial charge < -0.3 is 5.11 Å². The Morgan fingerprint density at radius 3 is 2.76 bits per heavy atom. The quantitative estimate of drug-likeness (QED) is 0.881. The van der Waals surface area contributed by atoms with E-state index in [4.69, 9.17) is 0 Å². The molecule has 0 amide bonds. The van der Waals surface area contributed by atoms with Crippen LogP contribution in [-0.2, 0) is 12.8 Å². The number of benzene rings is 1. The van der Waals surface area contributed by atoms with Crippen LogP contribution in [0.15, 0.2) is 35.2 Å². The minimum absolute atomic E-state index is 0.214.